The third-order valence-corrected chi connectivity index (χ3v) is 4.00. The van der Waals surface area contributed by atoms with Gasteiger partial charge in [0, 0.05) is 32.3 Å². The van der Waals surface area contributed by atoms with Crippen molar-refractivity contribution >= 4 is 11.6 Å². The zero-order valence-electron chi connectivity index (χ0n) is 12.5. The lowest BCUT2D eigenvalue weighted by Gasteiger charge is -2.27. The number of aromatic amines is 1. The highest BCUT2D eigenvalue weighted by Gasteiger charge is 2.21. The number of hydrogen-bond donors (Lipinski definition) is 1. The summed E-state index contributed by atoms with van der Waals surface area (Å²) in [5.41, 5.74) is 2.61. The highest BCUT2D eigenvalue weighted by atomic mass is 35.5. The molecule has 1 aliphatic heterocycles. The fraction of sp³-hybridized carbons (Fsp3) is 0.400. The van der Waals surface area contributed by atoms with Crippen LogP contribution >= 0.6 is 11.6 Å². The van der Waals surface area contributed by atoms with E-state index < -0.39 is 0 Å². The number of H-pyrrole nitrogens is 1. The SMILES string of the molecule is COc1ncc(CN2CCc3nc(C)[nH]c(=O)c3C2)cc1Cl. The van der Waals surface area contributed by atoms with Gasteiger partial charge >= 0.3 is 0 Å². The topological polar surface area (TPSA) is 71.1 Å². The fourth-order valence-electron chi connectivity index (χ4n) is 2.70. The minimum Gasteiger partial charge on any atom is -0.480 e. The Kier molecular flexibility index (Phi) is 4.13. The van der Waals surface area contributed by atoms with E-state index in [2.05, 4.69) is 19.9 Å². The zero-order chi connectivity index (χ0) is 15.7. The van der Waals surface area contributed by atoms with E-state index in [4.69, 9.17) is 16.3 Å². The van der Waals surface area contributed by atoms with Crippen LogP contribution in [-0.2, 0) is 19.5 Å². The van der Waals surface area contributed by atoms with Gasteiger partial charge in [-0.3, -0.25) is 9.69 Å². The second-order valence-electron chi connectivity index (χ2n) is 5.37. The maximum absolute atomic E-state index is 12.0. The largest absolute Gasteiger partial charge is 0.480 e. The average molecular weight is 321 g/mol. The number of ether oxygens (including phenoxy) is 1. The van der Waals surface area contributed by atoms with Crippen LogP contribution in [0.5, 0.6) is 5.88 Å². The van der Waals surface area contributed by atoms with Gasteiger partial charge in [-0.15, -0.1) is 0 Å². The molecule has 0 fully saturated rings. The maximum atomic E-state index is 12.0. The number of aromatic nitrogens is 3. The molecule has 0 aliphatic carbocycles. The van der Waals surface area contributed by atoms with Gasteiger partial charge in [0.2, 0.25) is 5.88 Å². The minimum atomic E-state index is -0.0434. The smallest absolute Gasteiger partial charge is 0.255 e. The molecule has 0 amide bonds. The first-order valence-corrected chi connectivity index (χ1v) is 7.44. The Hall–Kier alpha value is -1.92. The molecule has 1 aliphatic rings. The van der Waals surface area contributed by atoms with E-state index in [1.807, 2.05) is 6.07 Å². The third kappa shape index (κ3) is 2.98. The molecule has 1 N–H and O–H groups in total. The van der Waals surface area contributed by atoms with E-state index in [0.717, 1.165) is 29.8 Å². The average Bonchev–Trinajstić information content (AvgIpc) is 2.48. The molecule has 2 aromatic rings. The lowest BCUT2D eigenvalue weighted by atomic mass is 10.1. The van der Waals surface area contributed by atoms with Crippen LogP contribution in [0.4, 0.5) is 0 Å². The molecule has 22 heavy (non-hydrogen) atoms. The molecule has 7 heteroatoms. The molecule has 0 unspecified atom stereocenters. The lowest BCUT2D eigenvalue weighted by molar-refractivity contribution is 0.241. The van der Waals surface area contributed by atoms with Gasteiger partial charge in [0.25, 0.3) is 5.56 Å². The molecule has 0 spiro atoms. The molecule has 0 atom stereocenters. The van der Waals surface area contributed by atoms with Crippen LogP contribution in [0.25, 0.3) is 0 Å². The van der Waals surface area contributed by atoms with Gasteiger partial charge in [-0.2, -0.15) is 0 Å². The molecule has 0 radical (unpaired) electrons. The predicted octanol–water partition coefficient (Wildman–Crippen LogP) is 1.69. The Morgan fingerprint density at radius 3 is 3.05 bits per heavy atom. The predicted molar refractivity (Wildman–Crippen MR) is 83.2 cm³/mol. The van der Waals surface area contributed by atoms with Gasteiger partial charge in [0.1, 0.15) is 10.8 Å². The summed E-state index contributed by atoms with van der Waals surface area (Å²) in [6, 6.07) is 1.85. The summed E-state index contributed by atoms with van der Waals surface area (Å²) in [5.74, 6) is 1.09. The summed E-state index contributed by atoms with van der Waals surface area (Å²) in [6.45, 7) is 3.93. The van der Waals surface area contributed by atoms with Crippen molar-refractivity contribution in [1.29, 1.82) is 0 Å². The second kappa shape index (κ2) is 6.06. The summed E-state index contributed by atoms with van der Waals surface area (Å²) in [5, 5.41) is 0.493. The van der Waals surface area contributed by atoms with Crippen molar-refractivity contribution in [3.63, 3.8) is 0 Å². The van der Waals surface area contributed by atoms with Gasteiger partial charge in [-0.05, 0) is 18.6 Å². The van der Waals surface area contributed by atoms with E-state index in [9.17, 15) is 4.79 Å². The number of nitrogens with one attached hydrogen (secondary N) is 1. The Labute approximate surface area is 133 Å². The fourth-order valence-corrected chi connectivity index (χ4v) is 2.97. The van der Waals surface area contributed by atoms with Crippen molar-refractivity contribution in [3.05, 3.63) is 50.3 Å². The van der Waals surface area contributed by atoms with Crippen LogP contribution < -0.4 is 10.3 Å². The third-order valence-electron chi connectivity index (χ3n) is 3.73. The van der Waals surface area contributed by atoms with Crippen molar-refractivity contribution in [1.82, 2.24) is 19.9 Å². The number of methoxy groups -OCH3 is 1. The Balaban J connectivity index is 1.78. The first kappa shape index (κ1) is 15.0. The lowest BCUT2D eigenvalue weighted by Crippen LogP contribution is -2.35. The van der Waals surface area contributed by atoms with Gasteiger partial charge in [0.05, 0.1) is 18.4 Å². The van der Waals surface area contributed by atoms with E-state index in [0.29, 0.717) is 29.8 Å². The van der Waals surface area contributed by atoms with Crippen LogP contribution in [0.3, 0.4) is 0 Å². The Bertz CT molecular complexity index is 760. The van der Waals surface area contributed by atoms with Gasteiger partial charge in [-0.25, -0.2) is 9.97 Å². The first-order chi connectivity index (χ1) is 10.6. The van der Waals surface area contributed by atoms with E-state index in [-0.39, 0.29) is 5.56 Å². The Morgan fingerprint density at radius 1 is 1.50 bits per heavy atom. The highest BCUT2D eigenvalue weighted by Crippen LogP contribution is 2.23. The molecule has 0 aromatic carbocycles. The number of hydrogen-bond acceptors (Lipinski definition) is 5. The monoisotopic (exact) mass is 320 g/mol. The van der Waals surface area contributed by atoms with E-state index >= 15 is 0 Å². The number of rotatable bonds is 3. The summed E-state index contributed by atoms with van der Waals surface area (Å²) < 4.78 is 5.05. The number of nitrogens with zero attached hydrogens (tertiary/aromatic N) is 3. The highest BCUT2D eigenvalue weighted by molar-refractivity contribution is 6.31. The van der Waals surface area contributed by atoms with Gasteiger partial charge in [0.15, 0.2) is 0 Å². The molecule has 116 valence electrons. The summed E-state index contributed by atoms with van der Waals surface area (Å²) in [7, 11) is 1.54. The van der Waals surface area contributed by atoms with E-state index in [1.54, 1.807) is 13.1 Å². The van der Waals surface area contributed by atoms with Crippen LogP contribution in [-0.4, -0.2) is 33.5 Å². The molecule has 0 saturated heterocycles. The van der Waals surface area contributed by atoms with Crippen molar-refractivity contribution in [2.75, 3.05) is 13.7 Å². The van der Waals surface area contributed by atoms with E-state index in [1.165, 1.54) is 7.11 Å². The van der Waals surface area contributed by atoms with Crippen molar-refractivity contribution in [2.24, 2.45) is 0 Å². The molecular formula is C15H17ClN4O2. The van der Waals surface area contributed by atoms with Crippen molar-refractivity contribution in [2.45, 2.75) is 26.4 Å². The second-order valence-corrected chi connectivity index (χ2v) is 5.78. The molecule has 2 aromatic heterocycles. The summed E-state index contributed by atoms with van der Waals surface area (Å²) in [4.78, 5) is 25.6. The minimum absolute atomic E-state index is 0.0434. The molecule has 0 saturated carbocycles. The first-order valence-electron chi connectivity index (χ1n) is 7.06. The maximum Gasteiger partial charge on any atom is 0.255 e. The molecular weight excluding hydrogens is 304 g/mol. The van der Waals surface area contributed by atoms with Crippen LogP contribution in [0.2, 0.25) is 5.02 Å². The summed E-state index contributed by atoms with van der Waals surface area (Å²) >= 11 is 6.10. The van der Waals surface area contributed by atoms with Gasteiger partial charge in [-0.1, -0.05) is 11.6 Å². The van der Waals surface area contributed by atoms with Crippen LogP contribution in [0.1, 0.15) is 22.6 Å². The number of pyridine rings is 1. The number of fused-ring (bicyclic) bond motifs is 1. The van der Waals surface area contributed by atoms with Crippen molar-refractivity contribution in [3.8, 4) is 5.88 Å². The Morgan fingerprint density at radius 2 is 2.32 bits per heavy atom. The normalized spacial score (nSPS) is 14.7. The van der Waals surface area contributed by atoms with Crippen LogP contribution in [0.15, 0.2) is 17.1 Å². The number of halogens is 1. The standard InChI is InChI=1S/C15H17ClN4O2/c1-9-18-13-3-4-20(8-11(13)14(21)19-9)7-10-5-12(16)15(22-2)17-6-10/h5-6H,3-4,7-8H2,1-2H3,(H,18,19,21). The molecule has 6 nitrogen and oxygen atoms in total. The quantitative estimate of drug-likeness (QED) is 0.932. The number of aryl methyl sites for hydroxylation is 1. The van der Waals surface area contributed by atoms with Crippen LogP contribution in [0, 0.1) is 6.92 Å². The summed E-state index contributed by atoms with van der Waals surface area (Å²) in [6.07, 6.45) is 2.52. The molecule has 0 bridgehead atoms. The zero-order valence-corrected chi connectivity index (χ0v) is 13.3. The molecule has 3 heterocycles. The molecule has 3 rings (SSSR count). The van der Waals surface area contributed by atoms with Crippen molar-refractivity contribution < 1.29 is 4.74 Å². The van der Waals surface area contributed by atoms with Gasteiger partial charge < -0.3 is 9.72 Å².